The van der Waals surface area contributed by atoms with Crippen LogP contribution in [0.1, 0.15) is 6.42 Å². The smallest absolute Gasteiger partial charge is 0.0909 e. The first-order valence-electron chi connectivity index (χ1n) is 5.03. The van der Waals surface area contributed by atoms with Gasteiger partial charge in [-0.15, -0.1) is 34.8 Å². The summed E-state index contributed by atoms with van der Waals surface area (Å²) in [6, 6.07) is 0. The average molecular weight is 304 g/mol. The molecule has 0 radical (unpaired) electrons. The highest BCUT2D eigenvalue weighted by molar-refractivity contribution is 6.52. The summed E-state index contributed by atoms with van der Waals surface area (Å²) < 4.78 is 0. The molecule has 5 heteroatoms. The number of rotatable bonds is 0. The van der Waals surface area contributed by atoms with E-state index in [9.17, 15) is 0 Å². The molecule has 4 aliphatic carbocycles. The van der Waals surface area contributed by atoms with Gasteiger partial charge in [0.25, 0.3) is 0 Å². The van der Waals surface area contributed by atoms with Gasteiger partial charge in [0.2, 0.25) is 0 Å². The molecular formula is C10H7Cl5. The largest absolute Gasteiger partial charge is 0.122 e. The molecule has 15 heavy (non-hydrogen) atoms. The Morgan fingerprint density at radius 2 is 1.67 bits per heavy atom. The van der Waals surface area contributed by atoms with Gasteiger partial charge in [0.1, 0.15) is 0 Å². The molecule has 0 unspecified atom stereocenters. The number of halogens is 5. The highest BCUT2D eigenvalue weighted by Gasteiger charge is 2.86. The van der Waals surface area contributed by atoms with Crippen LogP contribution < -0.4 is 0 Å². The third-order valence-electron chi connectivity index (χ3n) is 4.94. The summed E-state index contributed by atoms with van der Waals surface area (Å²) in [5, 5.41) is 1.14. The van der Waals surface area contributed by atoms with Gasteiger partial charge in [-0.2, -0.15) is 0 Å². The van der Waals surface area contributed by atoms with Crippen molar-refractivity contribution in [2.45, 2.75) is 21.5 Å². The normalized spacial score (nSPS) is 69.0. The van der Waals surface area contributed by atoms with Crippen LogP contribution in [0.3, 0.4) is 0 Å². The predicted molar refractivity (Wildman–Crippen MR) is 64.1 cm³/mol. The van der Waals surface area contributed by atoms with E-state index in [1.807, 2.05) is 0 Å². The first-order valence-corrected chi connectivity index (χ1v) is 6.98. The molecule has 82 valence electrons. The average Bonchev–Trinajstić information content (AvgIpc) is 2.64. The van der Waals surface area contributed by atoms with E-state index >= 15 is 0 Å². The summed E-state index contributed by atoms with van der Waals surface area (Å²) in [5.41, 5.74) is 0. The summed E-state index contributed by atoms with van der Waals surface area (Å²) in [7, 11) is 0. The second kappa shape index (κ2) is 2.47. The van der Waals surface area contributed by atoms with Crippen LogP contribution in [-0.2, 0) is 0 Å². The highest BCUT2D eigenvalue weighted by atomic mass is 35.5. The molecule has 0 aromatic carbocycles. The molecule has 2 bridgehead atoms. The lowest BCUT2D eigenvalue weighted by molar-refractivity contribution is 0.0404. The standard InChI is InChI=1S/C10H7Cl5/c11-5-3-1-2-4(5)10(15)6(2)9(3,14)7(12)8(10)13/h2-6H,1H2/t2-,3+,4-,5+,6+,9+,10-/m1/s1. The second-order valence-electron chi connectivity index (χ2n) is 5.12. The number of fused-ring (bicyclic) bond motifs is 3. The fourth-order valence-electron chi connectivity index (χ4n) is 4.51. The van der Waals surface area contributed by atoms with E-state index in [4.69, 9.17) is 58.0 Å². The molecule has 3 fully saturated rings. The molecule has 0 amide bonds. The van der Waals surface area contributed by atoms with Crippen molar-refractivity contribution in [1.82, 2.24) is 0 Å². The SMILES string of the molecule is ClC1=C(Cl)[C@@]2(Cl)[C@@H]3[C@@H]4C[C@H]2[C@H](Cl)[C@@H]4[C@]13Cl. The van der Waals surface area contributed by atoms with E-state index in [1.165, 1.54) is 0 Å². The Hall–Kier alpha value is 1.19. The van der Waals surface area contributed by atoms with Gasteiger partial charge in [0.15, 0.2) is 0 Å². The van der Waals surface area contributed by atoms with Crippen LogP contribution in [0.2, 0.25) is 0 Å². The van der Waals surface area contributed by atoms with Crippen LogP contribution in [0.25, 0.3) is 0 Å². The molecule has 4 aliphatic rings. The highest BCUT2D eigenvalue weighted by Crippen LogP contribution is 2.84. The minimum atomic E-state index is -0.563. The first-order chi connectivity index (χ1) is 6.95. The third kappa shape index (κ3) is 0.706. The Morgan fingerprint density at radius 3 is 2.27 bits per heavy atom. The zero-order chi connectivity index (χ0) is 10.7. The van der Waals surface area contributed by atoms with Crippen molar-refractivity contribution < 1.29 is 0 Å². The number of hydrogen-bond acceptors (Lipinski definition) is 0. The van der Waals surface area contributed by atoms with Gasteiger partial charge in [0.05, 0.1) is 19.8 Å². The van der Waals surface area contributed by atoms with Crippen molar-refractivity contribution in [3.05, 3.63) is 10.1 Å². The summed E-state index contributed by atoms with van der Waals surface area (Å²) in [5.74, 6) is 1.25. The molecule has 0 heterocycles. The topological polar surface area (TPSA) is 0 Å². The lowest BCUT2D eigenvalue weighted by atomic mass is 9.54. The molecule has 0 spiro atoms. The van der Waals surface area contributed by atoms with Gasteiger partial charge in [-0.25, -0.2) is 0 Å². The van der Waals surface area contributed by atoms with Crippen LogP contribution in [0.5, 0.6) is 0 Å². The first kappa shape index (κ1) is 10.1. The monoisotopic (exact) mass is 302 g/mol. The van der Waals surface area contributed by atoms with Crippen molar-refractivity contribution in [3.8, 4) is 0 Å². The molecule has 3 saturated carbocycles. The van der Waals surface area contributed by atoms with Crippen LogP contribution >= 0.6 is 58.0 Å². The number of hydrogen-bond donors (Lipinski definition) is 0. The molecule has 4 rings (SSSR count). The van der Waals surface area contributed by atoms with Gasteiger partial charge >= 0.3 is 0 Å². The Bertz CT molecular complexity index is 414. The summed E-state index contributed by atoms with van der Waals surface area (Å²) in [4.78, 5) is -1.11. The minimum Gasteiger partial charge on any atom is -0.122 e. The van der Waals surface area contributed by atoms with Crippen molar-refractivity contribution in [2.24, 2.45) is 23.7 Å². The second-order valence-corrected chi connectivity index (χ2v) is 7.63. The molecule has 0 aromatic heterocycles. The molecule has 0 nitrogen and oxygen atoms in total. The lowest BCUT2D eigenvalue weighted by Gasteiger charge is -2.59. The Kier molecular flexibility index (Phi) is 1.67. The maximum Gasteiger partial charge on any atom is 0.0909 e. The van der Waals surface area contributed by atoms with E-state index in [-0.39, 0.29) is 23.1 Å². The van der Waals surface area contributed by atoms with E-state index in [0.29, 0.717) is 16.0 Å². The molecule has 7 atom stereocenters. The van der Waals surface area contributed by atoms with Crippen molar-refractivity contribution in [3.63, 3.8) is 0 Å². The third-order valence-corrected chi connectivity index (χ3v) is 8.19. The van der Waals surface area contributed by atoms with E-state index in [1.54, 1.807) is 0 Å². The fourth-order valence-corrected chi connectivity index (χ4v) is 7.67. The predicted octanol–water partition coefficient (Wildman–Crippen LogP) is 4.15. The zero-order valence-corrected chi connectivity index (χ0v) is 11.3. The quantitative estimate of drug-likeness (QED) is 0.590. The maximum atomic E-state index is 6.67. The van der Waals surface area contributed by atoms with Gasteiger partial charge in [0, 0.05) is 23.1 Å². The Labute approximate surface area is 113 Å². The lowest BCUT2D eigenvalue weighted by Crippen LogP contribution is -2.66. The van der Waals surface area contributed by atoms with Gasteiger partial charge < -0.3 is 0 Å². The molecule has 0 aliphatic heterocycles. The Morgan fingerprint density at radius 1 is 1.07 bits per heavy atom. The number of alkyl halides is 3. The van der Waals surface area contributed by atoms with Crippen LogP contribution in [-0.4, -0.2) is 15.1 Å². The number of allylic oxidation sites excluding steroid dienone is 2. The van der Waals surface area contributed by atoms with E-state index in [2.05, 4.69) is 0 Å². The van der Waals surface area contributed by atoms with Crippen molar-refractivity contribution >= 4 is 58.0 Å². The zero-order valence-electron chi connectivity index (χ0n) is 7.48. The summed E-state index contributed by atoms with van der Waals surface area (Å²) in [6.07, 6.45) is 1.06. The maximum absolute atomic E-state index is 6.67. The Balaban J connectivity index is 2.03. The van der Waals surface area contributed by atoms with Crippen LogP contribution in [0.4, 0.5) is 0 Å². The van der Waals surface area contributed by atoms with Crippen molar-refractivity contribution in [1.29, 1.82) is 0 Å². The fraction of sp³-hybridized carbons (Fsp3) is 0.800. The summed E-state index contributed by atoms with van der Waals surface area (Å²) >= 11 is 32.2. The van der Waals surface area contributed by atoms with Crippen LogP contribution in [0, 0.1) is 23.7 Å². The van der Waals surface area contributed by atoms with Crippen molar-refractivity contribution in [2.75, 3.05) is 0 Å². The van der Waals surface area contributed by atoms with Gasteiger partial charge in [-0.1, -0.05) is 23.2 Å². The summed E-state index contributed by atoms with van der Waals surface area (Å²) in [6.45, 7) is 0. The molecule has 0 saturated heterocycles. The minimum absolute atomic E-state index is 0.0278. The molecule has 0 aromatic rings. The van der Waals surface area contributed by atoms with Crippen LogP contribution in [0.15, 0.2) is 10.1 Å². The van der Waals surface area contributed by atoms with Gasteiger partial charge in [-0.05, 0) is 12.3 Å². The van der Waals surface area contributed by atoms with E-state index in [0.717, 1.165) is 6.42 Å². The van der Waals surface area contributed by atoms with Gasteiger partial charge in [-0.3, -0.25) is 0 Å². The molecular weight excluding hydrogens is 297 g/mol. The van der Waals surface area contributed by atoms with E-state index < -0.39 is 9.75 Å². The molecule has 0 N–H and O–H groups in total.